The highest BCUT2D eigenvalue weighted by Crippen LogP contribution is 2.17. The van der Waals surface area contributed by atoms with Crippen molar-refractivity contribution in [3.8, 4) is 5.75 Å². The highest BCUT2D eigenvalue weighted by atomic mass is 16.3. The van der Waals surface area contributed by atoms with Gasteiger partial charge in [0, 0.05) is 5.54 Å². The Kier molecular flexibility index (Phi) is 2.94. The molecule has 0 fully saturated rings. The highest BCUT2D eigenvalue weighted by molar-refractivity contribution is 5.28. The third-order valence-corrected chi connectivity index (χ3v) is 2.33. The Bertz CT molecular complexity index is 281. The molecule has 1 aromatic rings. The molecule has 13 heavy (non-hydrogen) atoms. The molecule has 0 aliphatic carbocycles. The lowest BCUT2D eigenvalue weighted by atomic mass is 9.91. The summed E-state index contributed by atoms with van der Waals surface area (Å²) in [6.07, 6.45) is 1.74. The first kappa shape index (κ1) is 10.1. The van der Waals surface area contributed by atoms with Crippen LogP contribution in [0.1, 0.15) is 25.8 Å². The van der Waals surface area contributed by atoms with E-state index in [1.165, 1.54) is 0 Å². The molecule has 0 radical (unpaired) electrons. The van der Waals surface area contributed by atoms with Gasteiger partial charge in [0.15, 0.2) is 0 Å². The number of benzene rings is 1. The average molecular weight is 179 g/mol. The fourth-order valence-electron chi connectivity index (χ4n) is 1.26. The van der Waals surface area contributed by atoms with Crippen LogP contribution in [-0.4, -0.2) is 10.6 Å². The molecule has 1 rings (SSSR count). The van der Waals surface area contributed by atoms with Gasteiger partial charge in [-0.25, -0.2) is 0 Å². The average Bonchev–Trinajstić information content (AvgIpc) is 2.03. The molecular formula is C11H17NO. The smallest absolute Gasteiger partial charge is 0.115 e. The predicted octanol–water partition coefficient (Wildman–Crippen LogP) is 2.06. The monoisotopic (exact) mass is 179 g/mol. The molecule has 0 bridgehead atoms. The number of rotatable bonds is 3. The third kappa shape index (κ3) is 3.07. The summed E-state index contributed by atoms with van der Waals surface area (Å²) in [5.41, 5.74) is 6.93. The topological polar surface area (TPSA) is 46.2 Å². The first-order valence-corrected chi connectivity index (χ1v) is 4.60. The minimum atomic E-state index is -0.173. The lowest BCUT2D eigenvalue weighted by molar-refractivity contribution is 0.445. The zero-order valence-electron chi connectivity index (χ0n) is 8.25. The van der Waals surface area contributed by atoms with Gasteiger partial charge in [-0.05, 0) is 37.5 Å². The van der Waals surface area contributed by atoms with E-state index in [9.17, 15) is 5.11 Å². The molecular weight excluding hydrogens is 162 g/mol. The molecule has 2 heteroatoms. The molecule has 2 nitrogen and oxygen atoms in total. The van der Waals surface area contributed by atoms with Gasteiger partial charge in [-0.1, -0.05) is 19.1 Å². The van der Waals surface area contributed by atoms with Gasteiger partial charge in [0.05, 0.1) is 0 Å². The van der Waals surface area contributed by atoms with E-state index < -0.39 is 0 Å². The van der Waals surface area contributed by atoms with Gasteiger partial charge in [0.1, 0.15) is 5.75 Å². The molecule has 0 heterocycles. The first-order valence-electron chi connectivity index (χ1n) is 4.60. The van der Waals surface area contributed by atoms with Crippen molar-refractivity contribution in [2.75, 3.05) is 0 Å². The van der Waals surface area contributed by atoms with E-state index in [4.69, 9.17) is 5.73 Å². The second-order valence-electron chi connectivity index (χ2n) is 3.85. The molecule has 1 aromatic carbocycles. The Morgan fingerprint density at radius 2 is 2.15 bits per heavy atom. The van der Waals surface area contributed by atoms with Gasteiger partial charge >= 0.3 is 0 Å². The third-order valence-electron chi connectivity index (χ3n) is 2.33. The fourth-order valence-corrected chi connectivity index (χ4v) is 1.26. The van der Waals surface area contributed by atoms with Crippen LogP contribution in [0.25, 0.3) is 0 Å². The van der Waals surface area contributed by atoms with Gasteiger partial charge in [-0.15, -0.1) is 0 Å². The van der Waals surface area contributed by atoms with Crippen LogP contribution in [0.3, 0.4) is 0 Å². The van der Waals surface area contributed by atoms with Crippen molar-refractivity contribution in [2.45, 2.75) is 32.2 Å². The van der Waals surface area contributed by atoms with E-state index in [-0.39, 0.29) is 5.54 Å². The van der Waals surface area contributed by atoms with Crippen molar-refractivity contribution in [3.63, 3.8) is 0 Å². The number of phenolic OH excluding ortho intramolecular Hbond substituents is 1. The summed E-state index contributed by atoms with van der Waals surface area (Å²) >= 11 is 0. The molecule has 0 saturated heterocycles. The minimum absolute atomic E-state index is 0.173. The number of aromatic hydroxyl groups is 1. The van der Waals surface area contributed by atoms with Crippen LogP contribution in [0.2, 0.25) is 0 Å². The molecule has 0 saturated carbocycles. The lowest BCUT2D eigenvalue weighted by Gasteiger charge is -2.22. The maximum Gasteiger partial charge on any atom is 0.115 e. The standard InChI is InChI=1S/C11H17NO/c1-3-11(2,12)8-9-5-4-6-10(13)7-9/h4-7,13H,3,8,12H2,1-2H3. The summed E-state index contributed by atoms with van der Waals surface area (Å²) in [5.74, 6) is 0.310. The molecule has 0 amide bonds. The van der Waals surface area contributed by atoms with Crippen molar-refractivity contribution in [1.29, 1.82) is 0 Å². The van der Waals surface area contributed by atoms with Gasteiger partial charge in [-0.3, -0.25) is 0 Å². The largest absolute Gasteiger partial charge is 0.508 e. The Morgan fingerprint density at radius 1 is 1.46 bits per heavy atom. The minimum Gasteiger partial charge on any atom is -0.508 e. The van der Waals surface area contributed by atoms with E-state index >= 15 is 0 Å². The Hall–Kier alpha value is -1.02. The zero-order valence-corrected chi connectivity index (χ0v) is 8.25. The predicted molar refractivity (Wildman–Crippen MR) is 54.7 cm³/mol. The number of hydrogen-bond donors (Lipinski definition) is 2. The highest BCUT2D eigenvalue weighted by Gasteiger charge is 2.15. The number of hydrogen-bond acceptors (Lipinski definition) is 2. The molecule has 0 aliphatic heterocycles. The SMILES string of the molecule is CCC(C)(N)Cc1cccc(O)c1. The van der Waals surface area contributed by atoms with Crippen molar-refractivity contribution >= 4 is 0 Å². The molecule has 0 aliphatic rings. The van der Waals surface area contributed by atoms with Crippen LogP contribution in [0, 0.1) is 0 Å². The van der Waals surface area contributed by atoms with E-state index in [2.05, 4.69) is 6.92 Å². The van der Waals surface area contributed by atoms with Gasteiger partial charge in [-0.2, -0.15) is 0 Å². The quantitative estimate of drug-likeness (QED) is 0.746. The van der Waals surface area contributed by atoms with E-state index in [0.717, 1.165) is 18.4 Å². The first-order chi connectivity index (χ1) is 6.03. The summed E-state index contributed by atoms with van der Waals surface area (Å²) < 4.78 is 0. The summed E-state index contributed by atoms with van der Waals surface area (Å²) in [5, 5.41) is 9.24. The van der Waals surface area contributed by atoms with Crippen LogP contribution in [0.15, 0.2) is 24.3 Å². The second kappa shape index (κ2) is 3.79. The van der Waals surface area contributed by atoms with Crippen LogP contribution in [0.4, 0.5) is 0 Å². The molecule has 1 atom stereocenters. The molecule has 0 aromatic heterocycles. The summed E-state index contributed by atoms with van der Waals surface area (Å²) in [6, 6.07) is 7.26. The van der Waals surface area contributed by atoms with E-state index in [0.29, 0.717) is 5.75 Å². The summed E-state index contributed by atoms with van der Waals surface area (Å²) in [6.45, 7) is 4.10. The molecule has 0 spiro atoms. The fraction of sp³-hybridized carbons (Fsp3) is 0.455. The van der Waals surface area contributed by atoms with E-state index in [1.54, 1.807) is 12.1 Å². The maximum absolute atomic E-state index is 9.24. The van der Waals surface area contributed by atoms with Crippen molar-refractivity contribution in [1.82, 2.24) is 0 Å². The maximum atomic E-state index is 9.24. The molecule has 3 N–H and O–H groups in total. The van der Waals surface area contributed by atoms with Crippen molar-refractivity contribution < 1.29 is 5.11 Å². The van der Waals surface area contributed by atoms with Crippen LogP contribution < -0.4 is 5.73 Å². The molecule has 72 valence electrons. The normalized spacial score (nSPS) is 15.3. The Labute approximate surface area is 79.4 Å². The van der Waals surface area contributed by atoms with Crippen LogP contribution >= 0.6 is 0 Å². The van der Waals surface area contributed by atoms with Crippen LogP contribution in [-0.2, 0) is 6.42 Å². The summed E-state index contributed by atoms with van der Waals surface area (Å²) in [4.78, 5) is 0. The lowest BCUT2D eigenvalue weighted by Crippen LogP contribution is -2.37. The van der Waals surface area contributed by atoms with Crippen LogP contribution in [0.5, 0.6) is 5.75 Å². The van der Waals surface area contributed by atoms with Gasteiger partial charge in [0.2, 0.25) is 0 Å². The van der Waals surface area contributed by atoms with Gasteiger partial charge in [0.25, 0.3) is 0 Å². The summed E-state index contributed by atoms with van der Waals surface area (Å²) in [7, 11) is 0. The zero-order chi connectivity index (χ0) is 9.90. The Balaban J connectivity index is 2.74. The Morgan fingerprint density at radius 3 is 2.69 bits per heavy atom. The van der Waals surface area contributed by atoms with E-state index in [1.807, 2.05) is 19.1 Å². The number of nitrogens with two attached hydrogens (primary N) is 1. The number of phenols is 1. The molecule has 1 unspecified atom stereocenters. The van der Waals surface area contributed by atoms with Crippen molar-refractivity contribution in [3.05, 3.63) is 29.8 Å². The van der Waals surface area contributed by atoms with Crippen molar-refractivity contribution in [2.24, 2.45) is 5.73 Å². The second-order valence-corrected chi connectivity index (χ2v) is 3.85. The van der Waals surface area contributed by atoms with Gasteiger partial charge < -0.3 is 10.8 Å².